The third-order valence-corrected chi connectivity index (χ3v) is 5.19. The van der Waals surface area contributed by atoms with Gasteiger partial charge in [0.05, 0.1) is 22.8 Å². The van der Waals surface area contributed by atoms with Crippen LogP contribution >= 0.6 is 0 Å². The monoisotopic (exact) mass is 388 g/mol. The molecule has 1 aromatic carbocycles. The Morgan fingerprint density at radius 2 is 1.79 bits per heavy atom. The number of pyridine rings is 1. The molecule has 1 saturated heterocycles. The SMILES string of the molecule is O=c1c2ccccc2ncn1CC1CCN(c2ncccc2C(F)(F)F)CC1. The van der Waals surface area contributed by atoms with Crippen molar-refractivity contribution in [2.45, 2.75) is 25.6 Å². The van der Waals surface area contributed by atoms with Crippen LogP contribution < -0.4 is 10.5 Å². The van der Waals surface area contributed by atoms with Gasteiger partial charge in [-0.25, -0.2) is 9.97 Å². The van der Waals surface area contributed by atoms with Gasteiger partial charge in [-0.1, -0.05) is 12.1 Å². The Balaban J connectivity index is 1.47. The zero-order valence-corrected chi connectivity index (χ0v) is 15.1. The minimum Gasteiger partial charge on any atom is -0.356 e. The molecule has 0 atom stereocenters. The van der Waals surface area contributed by atoms with E-state index in [-0.39, 0.29) is 17.3 Å². The molecule has 0 unspecified atom stereocenters. The van der Waals surface area contributed by atoms with Gasteiger partial charge in [-0.05, 0) is 43.0 Å². The number of rotatable bonds is 3. The van der Waals surface area contributed by atoms with E-state index in [2.05, 4.69) is 9.97 Å². The number of alkyl halides is 3. The molecular formula is C20H19F3N4O. The van der Waals surface area contributed by atoms with Crippen molar-refractivity contribution >= 4 is 16.7 Å². The second-order valence-corrected chi connectivity index (χ2v) is 7.02. The second-order valence-electron chi connectivity index (χ2n) is 7.02. The lowest BCUT2D eigenvalue weighted by atomic mass is 9.96. The molecule has 28 heavy (non-hydrogen) atoms. The summed E-state index contributed by atoms with van der Waals surface area (Å²) < 4.78 is 41.3. The van der Waals surface area contributed by atoms with Crippen molar-refractivity contribution in [1.29, 1.82) is 0 Å². The van der Waals surface area contributed by atoms with E-state index in [1.165, 1.54) is 12.3 Å². The molecule has 4 rings (SSSR count). The topological polar surface area (TPSA) is 51.0 Å². The van der Waals surface area contributed by atoms with Gasteiger partial charge in [0.25, 0.3) is 5.56 Å². The summed E-state index contributed by atoms with van der Waals surface area (Å²) in [5.41, 5.74) is -0.131. The molecule has 2 aromatic heterocycles. The van der Waals surface area contributed by atoms with Gasteiger partial charge in [-0.2, -0.15) is 13.2 Å². The number of hydrogen-bond donors (Lipinski definition) is 0. The third kappa shape index (κ3) is 3.58. The predicted octanol–water partition coefficient (Wildman–Crippen LogP) is 3.73. The fourth-order valence-electron chi connectivity index (χ4n) is 3.71. The first-order valence-electron chi connectivity index (χ1n) is 9.15. The molecular weight excluding hydrogens is 369 g/mol. The van der Waals surface area contributed by atoms with Crippen LogP contribution in [0, 0.1) is 5.92 Å². The van der Waals surface area contributed by atoms with E-state index in [0.29, 0.717) is 43.4 Å². The van der Waals surface area contributed by atoms with Crippen LogP contribution in [0.3, 0.4) is 0 Å². The maximum Gasteiger partial charge on any atom is 0.419 e. The highest BCUT2D eigenvalue weighted by molar-refractivity contribution is 5.76. The van der Waals surface area contributed by atoms with Gasteiger partial charge in [0, 0.05) is 25.8 Å². The number of piperidine rings is 1. The normalized spacial score (nSPS) is 15.9. The van der Waals surface area contributed by atoms with Gasteiger partial charge >= 0.3 is 6.18 Å². The molecule has 0 radical (unpaired) electrons. The van der Waals surface area contributed by atoms with E-state index in [9.17, 15) is 18.0 Å². The van der Waals surface area contributed by atoms with Crippen molar-refractivity contribution in [3.63, 3.8) is 0 Å². The number of anilines is 1. The van der Waals surface area contributed by atoms with E-state index in [1.54, 1.807) is 34.0 Å². The fraction of sp³-hybridized carbons (Fsp3) is 0.350. The minimum absolute atomic E-state index is 0.0158. The van der Waals surface area contributed by atoms with Crippen molar-refractivity contribution < 1.29 is 13.2 Å². The van der Waals surface area contributed by atoms with Gasteiger partial charge in [-0.15, -0.1) is 0 Å². The highest BCUT2D eigenvalue weighted by Crippen LogP contribution is 2.36. The lowest BCUT2D eigenvalue weighted by Crippen LogP contribution is -2.37. The Hall–Kier alpha value is -2.90. The van der Waals surface area contributed by atoms with Crippen molar-refractivity contribution in [2.24, 2.45) is 5.92 Å². The molecule has 1 aliphatic rings. The van der Waals surface area contributed by atoms with Crippen molar-refractivity contribution in [2.75, 3.05) is 18.0 Å². The van der Waals surface area contributed by atoms with Crippen LogP contribution in [-0.4, -0.2) is 27.6 Å². The summed E-state index contributed by atoms with van der Waals surface area (Å²) in [6, 6.07) is 9.56. The summed E-state index contributed by atoms with van der Waals surface area (Å²) in [5.74, 6) is 0.188. The van der Waals surface area contributed by atoms with E-state index in [4.69, 9.17) is 0 Å². The van der Waals surface area contributed by atoms with Gasteiger partial charge < -0.3 is 4.90 Å². The number of nitrogens with zero attached hydrogens (tertiary/aromatic N) is 4. The maximum atomic E-state index is 13.2. The van der Waals surface area contributed by atoms with Crippen LogP contribution in [-0.2, 0) is 12.7 Å². The first-order valence-corrected chi connectivity index (χ1v) is 9.15. The molecule has 0 aliphatic carbocycles. The van der Waals surface area contributed by atoms with Crippen LogP contribution in [0.5, 0.6) is 0 Å². The maximum absolute atomic E-state index is 13.2. The van der Waals surface area contributed by atoms with E-state index in [0.717, 1.165) is 6.07 Å². The van der Waals surface area contributed by atoms with E-state index >= 15 is 0 Å². The molecule has 146 valence electrons. The minimum atomic E-state index is -4.43. The molecule has 8 heteroatoms. The Labute approximate surface area is 159 Å². The zero-order chi connectivity index (χ0) is 19.7. The highest BCUT2D eigenvalue weighted by Gasteiger charge is 2.36. The van der Waals surface area contributed by atoms with E-state index in [1.807, 2.05) is 6.07 Å². The average molecular weight is 388 g/mol. The molecule has 0 amide bonds. The molecule has 0 N–H and O–H groups in total. The lowest BCUT2D eigenvalue weighted by Gasteiger charge is -2.34. The number of hydrogen-bond acceptors (Lipinski definition) is 4. The number of para-hydroxylation sites is 1. The summed E-state index contributed by atoms with van der Waals surface area (Å²) in [7, 11) is 0. The average Bonchev–Trinajstić information content (AvgIpc) is 2.70. The van der Waals surface area contributed by atoms with Gasteiger partial charge in [0.1, 0.15) is 5.82 Å². The Bertz CT molecular complexity index is 1040. The Kier molecular flexibility index (Phi) is 4.78. The molecule has 3 aromatic rings. The first kappa shape index (κ1) is 18.5. The van der Waals surface area contributed by atoms with Crippen molar-refractivity contribution in [3.05, 3.63) is 64.8 Å². The van der Waals surface area contributed by atoms with Crippen LogP contribution in [0.15, 0.2) is 53.7 Å². The number of fused-ring (bicyclic) bond motifs is 1. The molecule has 0 bridgehead atoms. The van der Waals surface area contributed by atoms with Crippen LogP contribution in [0.2, 0.25) is 0 Å². The number of aromatic nitrogens is 3. The van der Waals surface area contributed by atoms with Gasteiger partial charge in [0.15, 0.2) is 0 Å². The highest BCUT2D eigenvalue weighted by atomic mass is 19.4. The second kappa shape index (κ2) is 7.26. The fourth-order valence-corrected chi connectivity index (χ4v) is 3.71. The van der Waals surface area contributed by atoms with Crippen molar-refractivity contribution in [3.8, 4) is 0 Å². The summed E-state index contributed by atoms with van der Waals surface area (Å²) in [6.07, 6.45) is -0.112. The van der Waals surface area contributed by atoms with Crippen LogP contribution in [0.25, 0.3) is 10.9 Å². The summed E-state index contributed by atoms with van der Waals surface area (Å²) in [4.78, 5) is 22.6. The summed E-state index contributed by atoms with van der Waals surface area (Å²) in [5, 5.41) is 0.575. The van der Waals surface area contributed by atoms with E-state index < -0.39 is 11.7 Å². The lowest BCUT2D eigenvalue weighted by molar-refractivity contribution is -0.137. The summed E-state index contributed by atoms with van der Waals surface area (Å²) in [6.45, 7) is 1.46. The Morgan fingerprint density at radius 3 is 2.54 bits per heavy atom. The summed E-state index contributed by atoms with van der Waals surface area (Å²) >= 11 is 0. The predicted molar refractivity (Wildman–Crippen MR) is 100 cm³/mol. The van der Waals surface area contributed by atoms with Gasteiger partial charge in [-0.3, -0.25) is 9.36 Å². The largest absolute Gasteiger partial charge is 0.419 e. The molecule has 5 nitrogen and oxygen atoms in total. The van der Waals surface area contributed by atoms with Crippen LogP contribution in [0.1, 0.15) is 18.4 Å². The third-order valence-electron chi connectivity index (χ3n) is 5.19. The molecule has 1 fully saturated rings. The smallest absolute Gasteiger partial charge is 0.356 e. The van der Waals surface area contributed by atoms with Crippen molar-refractivity contribution in [1.82, 2.24) is 14.5 Å². The molecule has 0 saturated carbocycles. The molecule has 0 spiro atoms. The number of benzene rings is 1. The van der Waals surface area contributed by atoms with Crippen LogP contribution in [0.4, 0.5) is 19.0 Å². The zero-order valence-electron chi connectivity index (χ0n) is 15.1. The Morgan fingerprint density at radius 1 is 1.04 bits per heavy atom. The number of halogens is 3. The standard InChI is InChI=1S/C20H19F3N4O/c21-20(22,23)16-5-3-9-24-18(16)26-10-7-14(8-11-26)12-27-13-25-17-6-2-1-4-15(17)19(27)28/h1-6,9,13-14H,7-8,10-12H2. The molecule has 1 aliphatic heterocycles. The van der Waals surface area contributed by atoms with Gasteiger partial charge in [0.2, 0.25) is 0 Å². The quantitative estimate of drug-likeness (QED) is 0.686. The molecule has 3 heterocycles. The first-order chi connectivity index (χ1) is 13.4.